The molecule has 3 heterocycles. The third-order valence-electron chi connectivity index (χ3n) is 3.87. The Labute approximate surface area is 108 Å². The molecule has 96 valence electrons. The highest BCUT2D eigenvalue weighted by Crippen LogP contribution is 2.30. The predicted molar refractivity (Wildman–Crippen MR) is 72.4 cm³/mol. The second-order valence-corrected chi connectivity index (χ2v) is 4.85. The molecule has 18 heavy (non-hydrogen) atoms. The van der Waals surface area contributed by atoms with Crippen LogP contribution in [0.4, 0.5) is 0 Å². The van der Waals surface area contributed by atoms with Crippen molar-refractivity contribution in [1.82, 2.24) is 19.4 Å². The molecule has 1 aliphatic rings. The Morgan fingerprint density at radius 2 is 2.28 bits per heavy atom. The molecule has 1 fully saturated rings. The number of pyridine rings is 1. The Kier molecular flexibility index (Phi) is 3.04. The predicted octanol–water partition coefficient (Wildman–Crippen LogP) is 2.61. The lowest BCUT2D eigenvalue weighted by Gasteiger charge is -2.25. The lowest BCUT2D eigenvalue weighted by Crippen LogP contribution is -2.28. The molecule has 2 aromatic heterocycles. The summed E-state index contributed by atoms with van der Waals surface area (Å²) in [7, 11) is 0. The minimum Gasteiger partial charge on any atom is -0.296 e. The first-order valence-electron chi connectivity index (χ1n) is 6.91. The van der Waals surface area contributed by atoms with Crippen molar-refractivity contribution in [3.05, 3.63) is 24.2 Å². The van der Waals surface area contributed by atoms with Crippen LogP contribution in [0.2, 0.25) is 0 Å². The van der Waals surface area contributed by atoms with E-state index in [9.17, 15) is 0 Å². The smallest absolute Gasteiger partial charge is 0.161 e. The molecule has 1 atom stereocenters. The van der Waals surface area contributed by atoms with Crippen LogP contribution in [-0.2, 0) is 6.42 Å². The van der Waals surface area contributed by atoms with Gasteiger partial charge in [0.2, 0.25) is 0 Å². The molecule has 0 spiro atoms. The second kappa shape index (κ2) is 4.69. The molecule has 0 saturated carbocycles. The molecule has 0 N–H and O–H groups in total. The average molecular weight is 244 g/mol. The van der Waals surface area contributed by atoms with Gasteiger partial charge in [-0.25, -0.2) is 9.97 Å². The first kappa shape index (κ1) is 11.7. The van der Waals surface area contributed by atoms with Crippen molar-refractivity contribution in [3.63, 3.8) is 0 Å². The average Bonchev–Trinajstić information content (AvgIpc) is 3.01. The molecule has 1 saturated heterocycles. The molecule has 0 aromatic carbocycles. The van der Waals surface area contributed by atoms with Gasteiger partial charge in [-0.05, 0) is 31.5 Å². The first-order chi connectivity index (χ1) is 8.85. The Hall–Kier alpha value is -1.42. The number of imidazole rings is 1. The van der Waals surface area contributed by atoms with E-state index in [4.69, 9.17) is 4.98 Å². The third-order valence-corrected chi connectivity index (χ3v) is 3.87. The summed E-state index contributed by atoms with van der Waals surface area (Å²) in [6.07, 6.45) is 5.76. The highest BCUT2D eigenvalue weighted by molar-refractivity contribution is 5.71. The molecule has 1 aliphatic heterocycles. The maximum Gasteiger partial charge on any atom is 0.161 e. The van der Waals surface area contributed by atoms with E-state index in [0.29, 0.717) is 6.17 Å². The summed E-state index contributed by atoms with van der Waals surface area (Å²) in [6.45, 7) is 6.69. The lowest BCUT2D eigenvalue weighted by atomic mass is 10.3. The number of nitrogens with zero attached hydrogens (tertiary/aromatic N) is 4. The van der Waals surface area contributed by atoms with Crippen LogP contribution in [0.25, 0.3) is 11.2 Å². The summed E-state index contributed by atoms with van der Waals surface area (Å²) in [6, 6.07) is 4.02. The van der Waals surface area contributed by atoms with Crippen molar-refractivity contribution < 1.29 is 0 Å². The topological polar surface area (TPSA) is 34.0 Å². The van der Waals surface area contributed by atoms with Gasteiger partial charge in [-0.3, -0.25) is 9.47 Å². The largest absolute Gasteiger partial charge is 0.296 e. The monoisotopic (exact) mass is 244 g/mol. The van der Waals surface area contributed by atoms with E-state index >= 15 is 0 Å². The Morgan fingerprint density at radius 1 is 1.39 bits per heavy atom. The highest BCUT2D eigenvalue weighted by atomic mass is 15.3. The molecule has 3 rings (SSSR count). The summed E-state index contributed by atoms with van der Waals surface area (Å²) < 4.78 is 2.35. The zero-order valence-electron chi connectivity index (χ0n) is 11.1. The van der Waals surface area contributed by atoms with Crippen LogP contribution in [0.3, 0.4) is 0 Å². The Balaban J connectivity index is 2.14. The molecule has 0 amide bonds. The number of rotatable bonds is 3. The minimum atomic E-state index is 0.449. The van der Waals surface area contributed by atoms with Gasteiger partial charge in [0.1, 0.15) is 11.3 Å². The SMILES string of the molecule is CCc1nc2cccnc2n1C1CCCN1CC. The normalized spacial score (nSPS) is 20.9. The third kappa shape index (κ3) is 1.72. The zero-order valence-corrected chi connectivity index (χ0v) is 11.1. The molecular weight excluding hydrogens is 224 g/mol. The van der Waals surface area contributed by atoms with Crippen LogP contribution < -0.4 is 0 Å². The van der Waals surface area contributed by atoms with E-state index in [-0.39, 0.29) is 0 Å². The molecule has 0 aliphatic carbocycles. The number of fused-ring (bicyclic) bond motifs is 1. The number of likely N-dealkylation sites (tertiary alicyclic amines) is 1. The molecule has 4 nitrogen and oxygen atoms in total. The minimum absolute atomic E-state index is 0.449. The Morgan fingerprint density at radius 3 is 3.06 bits per heavy atom. The molecule has 0 bridgehead atoms. The van der Waals surface area contributed by atoms with E-state index in [1.54, 1.807) is 0 Å². The number of hydrogen-bond acceptors (Lipinski definition) is 3. The summed E-state index contributed by atoms with van der Waals surface area (Å²) >= 11 is 0. The van der Waals surface area contributed by atoms with Gasteiger partial charge in [-0.1, -0.05) is 13.8 Å². The maximum atomic E-state index is 4.72. The van der Waals surface area contributed by atoms with Crippen LogP contribution in [0.1, 0.15) is 38.7 Å². The lowest BCUT2D eigenvalue weighted by molar-refractivity contribution is 0.203. The number of aromatic nitrogens is 3. The van der Waals surface area contributed by atoms with Crippen LogP contribution >= 0.6 is 0 Å². The summed E-state index contributed by atoms with van der Waals surface area (Å²) in [5.41, 5.74) is 2.07. The van der Waals surface area contributed by atoms with Crippen molar-refractivity contribution in [3.8, 4) is 0 Å². The molecule has 0 radical (unpaired) electrons. The fraction of sp³-hybridized carbons (Fsp3) is 0.571. The van der Waals surface area contributed by atoms with Gasteiger partial charge in [0.15, 0.2) is 5.65 Å². The van der Waals surface area contributed by atoms with Crippen molar-refractivity contribution in [1.29, 1.82) is 0 Å². The van der Waals surface area contributed by atoms with E-state index in [1.807, 2.05) is 12.3 Å². The van der Waals surface area contributed by atoms with Gasteiger partial charge in [0.05, 0.1) is 6.17 Å². The van der Waals surface area contributed by atoms with E-state index in [2.05, 4.69) is 34.4 Å². The fourth-order valence-corrected chi connectivity index (χ4v) is 3.01. The van der Waals surface area contributed by atoms with Gasteiger partial charge in [-0.2, -0.15) is 0 Å². The van der Waals surface area contributed by atoms with Crippen LogP contribution in [-0.4, -0.2) is 32.5 Å². The van der Waals surface area contributed by atoms with E-state index < -0.39 is 0 Å². The first-order valence-corrected chi connectivity index (χ1v) is 6.91. The number of hydrogen-bond donors (Lipinski definition) is 0. The van der Waals surface area contributed by atoms with Gasteiger partial charge < -0.3 is 0 Å². The highest BCUT2D eigenvalue weighted by Gasteiger charge is 2.28. The van der Waals surface area contributed by atoms with Crippen molar-refractivity contribution in [2.45, 2.75) is 39.3 Å². The fourth-order valence-electron chi connectivity index (χ4n) is 3.01. The molecule has 2 aromatic rings. The van der Waals surface area contributed by atoms with Crippen LogP contribution in [0.5, 0.6) is 0 Å². The summed E-state index contributed by atoms with van der Waals surface area (Å²) in [5, 5.41) is 0. The van der Waals surface area contributed by atoms with Gasteiger partial charge >= 0.3 is 0 Å². The van der Waals surface area contributed by atoms with Crippen molar-refractivity contribution >= 4 is 11.2 Å². The van der Waals surface area contributed by atoms with Gasteiger partial charge in [-0.15, -0.1) is 0 Å². The van der Waals surface area contributed by atoms with Crippen molar-refractivity contribution in [2.24, 2.45) is 0 Å². The molecule has 4 heteroatoms. The van der Waals surface area contributed by atoms with Crippen molar-refractivity contribution in [2.75, 3.05) is 13.1 Å². The number of aryl methyl sites for hydroxylation is 1. The molecular formula is C14H20N4. The van der Waals surface area contributed by atoms with E-state index in [0.717, 1.165) is 30.0 Å². The summed E-state index contributed by atoms with van der Waals surface area (Å²) in [4.78, 5) is 11.8. The van der Waals surface area contributed by atoms with E-state index in [1.165, 1.54) is 19.4 Å². The Bertz CT molecular complexity index is 546. The zero-order chi connectivity index (χ0) is 12.5. The quantitative estimate of drug-likeness (QED) is 0.832. The van der Waals surface area contributed by atoms with Crippen LogP contribution in [0.15, 0.2) is 18.3 Å². The standard InChI is InChI=1S/C14H20N4/c1-3-12-16-11-7-5-9-15-14(11)18(12)13-8-6-10-17(13)4-2/h5,7,9,13H,3-4,6,8,10H2,1-2H3. The van der Waals surface area contributed by atoms with Crippen LogP contribution in [0, 0.1) is 0 Å². The van der Waals surface area contributed by atoms with Gasteiger partial charge in [0, 0.05) is 19.2 Å². The van der Waals surface area contributed by atoms with Gasteiger partial charge in [0.25, 0.3) is 0 Å². The maximum absolute atomic E-state index is 4.72. The second-order valence-electron chi connectivity index (χ2n) is 4.85. The molecule has 1 unspecified atom stereocenters. The summed E-state index contributed by atoms with van der Waals surface area (Å²) in [5.74, 6) is 1.16.